The lowest BCUT2D eigenvalue weighted by atomic mass is 9.85. The first-order valence-electron chi connectivity index (χ1n) is 5.58. The minimum absolute atomic E-state index is 0.266. The van der Waals surface area contributed by atoms with Crippen molar-refractivity contribution in [3.05, 3.63) is 11.0 Å². The fourth-order valence-electron chi connectivity index (χ4n) is 1.97. The van der Waals surface area contributed by atoms with Crippen LogP contribution in [0.1, 0.15) is 25.0 Å². The third kappa shape index (κ3) is 2.21. The Bertz CT molecular complexity index is 390. The van der Waals surface area contributed by atoms with Gasteiger partial charge in [0.05, 0.1) is 11.4 Å². The van der Waals surface area contributed by atoms with Gasteiger partial charge >= 0.3 is 0 Å². The molecular formula is C11H17ClN4. The molecular weight excluding hydrogens is 224 g/mol. The van der Waals surface area contributed by atoms with E-state index in [2.05, 4.69) is 14.9 Å². The zero-order valence-corrected chi connectivity index (χ0v) is 10.5. The summed E-state index contributed by atoms with van der Waals surface area (Å²) >= 11 is 5.85. The van der Waals surface area contributed by atoms with E-state index in [1.54, 1.807) is 0 Å². The van der Waals surface area contributed by atoms with E-state index in [-0.39, 0.29) is 5.28 Å². The Balaban J connectivity index is 2.17. The highest BCUT2D eigenvalue weighted by atomic mass is 35.5. The van der Waals surface area contributed by atoms with Crippen molar-refractivity contribution < 1.29 is 0 Å². The summed E-state index contributed by atoms with van der Waals surface area (Å²) in [6, 6.07) is 0. The van der Waals surface area contributed by atoms with Crippen LogP contribution in [0.25, 0.3) is 0 Å². The van der Waals surface area contributed by atoms with Crippen LogP contribution in [0.2, 0.25) is 5.28 Å². The molecule has 0 saturated heterocycles. The molecule has 1 aliphatic rings. The van der Waals surface area contributed by atoms with Gasteiger partial charge in [-0.05, 0) is 37.3 Å². The molecule has 2 rings (SSSR count). The molecule has 1 saturated carbocycles. The van der Waals surface area contributed by atoms with E-state index in [1.807, 2.05) is 14.0 Å². The highest BCUT2D eigenvalue weighted by Crippen LogP contribution is 2.30. The number of anilines is 2. The Labute approximate surface area is 101 Å². The third-order valence-corrected chi connectivity index (χ3v) is 3.38. The summed E-state index contributed by atoms with van der Waals surface area (Å²) in [6.07, 6.45) is 3.96. The number of nitrogens with two attached hydrogens (primary N) is 1. The lowest BCUT2D eigenvalue weighted by molar-refractivity contribution is 0.321. The average Bonchev–Trinajstić information content (AvgIpc) is 2.17. The number of nitrogen functional groups attached to an aromatic ring is 1. The number of nitrogens with zero attached hydrogens (tertiary/aromatic N) is 3. The summed E-state index contributed by atoms with van der Waals surface area (Å²) in [5.41, 5.74) is 7.34. The fourth-order valence-corrected chi connectivity index (χ4v) is 2.18. The number of hydrogen-bond acceptors (Lipinski definition) is 4. The maximum atomic E-state index is 5.96. The summed E-state index contributed by atoms with van der Waals surface area (Å²) in [5, 5.41) is 0.266. The molecule has 0 bridgehead atoms. The van der Waals surface area contributed by atoms with E-state index < -0.39 is 0 Å². The second-order valence-electron chi connectivity index (χ2n) is 4.49. The van der Waals surface area contributed by atoms with Crippen molar-refractivity contribution in [1.82, 2.24) is 9.97 Å². The van der Waals surface area contributed by atoms with E-state index in [4.69, 9.17) is 17.3 Å². The van der Waals surface area contributed by atoms with Crippen LogP contribution in [0.4, 0.5) is 11.5 Å². The van der Waals surface area contributed by atoms with Crippen LogP contribution in [0.15, 0.2) is 0 Å². The summed E-state index contributed by atoms with van der Waals surface area (Å²) in [7, 11) is 2.01. The Morgan fingerprint density at radius 2 is 2.12 bits per heavy atom. The second-order valence-corrected chi connectivity index (χ2v) is 4.83. The molecule has 16 heavy (non-hydrogen) atoms. The van der Waals surface area contributed by atoms with Gasteiger partial charge in [0, 0.05) is 13.6 Å². The van der Waals surface area contributed by atoms with Crippen molar-refractivity contribution in [2.75, 3.05) is 24.2 Å². The molecule has 0 spiro atoms. The van der Waals surface area contributed by atoms with Gasteiger partial charge in [-0.25, -0.2) is 4.98 Å². The monoisotopic (exact) mass is 240 g/mol. The highest BCUT2D eigenvalue weighted by molar-refractivity contribution is 6.28. The van der Waals surface area contributed by atoms with Crippen LogP contribution in [-0.4, -0.2) is 23.6 Å². The van der Waals surface area contributed by atoms with Gasteiger partial charge in [0.15, 0.2) is 5.82 Å². The van der Waals surface area contributed by atoms with Crippen molar-refractivity contribution in [1.29, 1.82) is 0 Å². The van der Waals surface area contributed by atoms with Gasteiger partial charge in [-0.3, -0.25) is 0 Å². The van der Waals surface area contributed by atoms with Crippen LogP contribution in [0.3, 0.4) is 0 Å². The molecule has 0 radical (unpaired) electrons. The number of aryl methyl sites for hydroxylation is 1. The number of hydrogen-bond donors (Lipinski definition) is 1. The summed E-state index contributed by atoms with van der Waals surface area (Å²) in [6.45, 7) is 2.85. The molecule has 2 N–H and O–H groups in total. The maximum absolute atomic E-state index is 5.96. The van der Waals surface area contributed by atoms with Crippen LogP contribution in [0.5, 0.6) is 0 Å². The molecule has 0 aromatic carbocycles. The van der Waals surface area contributed by atoms with E-state index >= 15 is 0 Å². The molecule has 1 aromatic heterocycles. The van der Waals surface area contributed by atoms with Crippen LogP contribution >= 0.6 is 11.6 Å². The Kier molecular flexibility index (Phi) is 3.19. The number of halogens is 1. The van der Waals surface area contributed by atoms with Crippen LogP contribution in [-0.2, 0) is 0 Å². The van der Waals surface area contributed by atoms with Crippen molar-refractivity contribution >= 4 is 23.1 Å². The minimum atomic E-state index is 0.266. The molecule has 1 heterocycles. The zero-order valence-electron chi connectivity index (χ0n) is 9.70. The Morgan fingerprint density at radius 3 is 2.69 bits per heavy atom. The normalized spacial score (nSPS) is 15.9. The van der Waals surface area contributed by atoms with Crippen molar-refractivity contribution in [3.63, 3.8) is 0 Å². The van der Waals surface area contributed by atoms with E-state index in [0.717, 1.165) is 24.0 Å². The van der Waals surface area contributed by atoms with E-state index in [0.29, 0.717) is 5.69 Å². The molecule has 0 amide bonds. The smallest absolute Gasteiger partial charge is 0.224 e. The standard InChI is InChI=1S/C11H17ClN4/c1-7-9(13)10(15-11(12)14-7)16(2)6-8-4-3-5-8/h8H,3-6,13H2,1-2H3. The van der Waals surface area contributed by atoms with Crippen LogP contribution < -0.4 is 10.6 Å². The predicted octanol–water partition coefficient (Wildman–Crippen LogP) is 2.26. The van der Waals surface area contributed by atoms with Gasteiger partial charge in [-0.15, -0.1) is 0 Å². The zero-order chi connectivity index (χ0) is 11.7. The van der Waals surface area contributed by atoms with E-state index in [9.17, 15) is 0 Å². The third-order valence-electron chi connectivity index (χ3n) is 3.21. The molecule has 1 aromatic rings. The average molecular weight is 241 g/mol. The Hall–Kier alpha value is -1.03. The van der Waals surface area contributed by atoms with Gasteiger partial charge in [0.25, 0.3) is 0 Å². The van der Waals surface area contributed by atoms with Gasteiger partial charge in [0.2, 0.25) is 5.28 Å². The first-order chi connectivity index (χ1) is 7.58. The number of rotatable bonds is 3. The Morgan fingerprint density at radius 1 is 1.44 bits per heavy atom. The van der Waals surface area contributed by atoms with Gasteiger partial charge < -0.3 is 10.6 Å². The first kappa shape index (κ1) is 11.5. The first-order valence-corrected chi connectivity index (χ1v) is 5.96. The lowest BCUT2D eigenvalue weighted by Crippen LogP contribution is -2.30. The van der Waals surface area contributed by atoms with Gasteiger partial charge in [-0.1, -0.05) is 6.42 Å². The van der Waals surface area contributed by atoms with Gasteiger partial charge in [-0.2, -0.15) is 4.98 Å². The molecule has 0 unspecified atom stereocenters. The maximum Gasteiger partial charge on any atom is 0.224 e. The summed E-state index contributed by atoms with van der Waals surface area (Å²) in [4.78, 5) is 10.3. The highest BCUT2D eigenvalue weighted by Gasteiger charge is 2.21. The van der Waals surface area contributed by atoms with Crippen molar-refractivity contribution in [2.45, 2.75) is 26.2 Å². The predicted molar refractivity (Wildman–Crippen MR) is 66.8 cm³/mol. The number of aromatic nitrogens is 2. The quantitative estimate of drug-likeness (QED) is 0.824. The van der Waals surface area contributed by atoms with Crippen molar-refractivity contribution in [3.8, 4) is 0 Å². The topological polar surface area (TPSA) is 55.0 Å². The molecule has 5 heteroatoms. The second kappa shape index (κ2) is 4.45. The molecule has 88 valence electrons. The lowest BCUT2D eigenvalue weighted by Gasteiger charge is -2.31. The summed E-state index contributed by atoms with van der Waals surface area (Å²) < 4.78 is 0. The largest absolute Gasteiger partial charge is 0.394 e. The molecule has 4 nitrogen and oxygen atoms in total. The molecule has 1 fully saturated rings. The van der Waals surface area contributed by atoms with Crippen LogP contribution in [0, 0.1) is 12.8 Å². The van der Waals surface area contributed by atoms with Gasteiger partial charge in [0.1, 0.15) is 0 Å². The van der Waals surface area contributed by atoms with Crippen molar-refractivity contribution in [2.24, 2.45) is 5.92 Å². The minimum Gasteiger partial charge on any atom is -0.394 e. The molecule has 0 aliphatic heterocycles. The molecule has 1 aliphatic carbocycles. The molecule has 0 atom stereocenters. The SMILES string of the molecule is Cc1nc(Cl)nc(N(C)CC2CCC2)c1N. The van der Waals surface area contributed by atoms with E-state index in [1.165, 1.54) is 19.3 Å². The summed E-state index contributed by atoms with van der Waals surface area (Å²) in [5.74, 6) is 1.53. The fraction of sp³-hybridized carbons (Fsp3) is 0.636.